The monoisotopic (exact) mass is 205 g/mol. The van der Waals surface area contributed by atoms with E-state index in [1.165, 1.54) is 0 Å². The first-order valence-corrected chi connectivity index (χ1v) is 4.83. The Morgan fingerprint density at radius 1 is 1.33 bits per heavy atom. The van der Waals surface area contributed by atoms with Gasteiger partial charge in [-0.15, -0.1) is 0 Å². The third-order valence-corrected chi connectivity index (χ3v) is 1.90. The number of nitrogens with two attached hydrogens (primary N) is 1. The number of carbonyl (C=O) groups is 1. The Labute approximate surface area is 89.5 Å². The van der Waals surface area contributed by atoms with Gasteiger partial charge in [0.25, 0.3) is 0 Å². The molecule has 3 heteroatoms. The van der Waals surface area contributed by atoms with Crippen molar-refractivity contribution in [3.8, 4) is 0 Å². The predicted octanol–water partition coefficient (Wildman–Crippen LogP) is 1.29. The molecular formula is C12H15NO2. The maximum atomic E-state index is 11.3. The molecule has 0 amide bonds. The fourth-order valence-electron chi connectivity index (χ4n) is 1.17. The average Bonchev–Trinajstić information content (AvgIpc) is 2.27. The molecular weight excluding hydrogens is 190 g/mol. The van der Waals surface area contributed by atoms with Crippen LogP contribution in [0.5, 0.6) is 0 Å². The molecule has 0 spiro atoms. The van der Waals surface area contributed by atoms with Crippen molar-refractivity contribution in [2.75, 3.05) is 13.2 Å². The van der Waals surface area contributed by atoms with Gasteiger partial charge in [0.15, 0.2) is 0 Å². The van der Waals surface area contributed by atoms with E-state index in [0.29, 0.717) is 18.5 Å². The Morgan fingerprint density at radius 3 is 2.60 bits per heavy atom. The lowest BCUT2D eigenvalue weighted by molar-refractivity contribution is -0.138. The molecule has 0 aliphatic heterocycles. The minimum atomic E-state index is -0.371. The molecule has 0 atom stereocenters. The first-order chi connectivity index (χ1) is 7.24. The number of rotatable bonds is 5. The molecule has 1 aromatic carbocycles. The van der Waals surface area contributed by atoms with E-state index in [-0.39, 0.29) is 12.6 Å². The van der Waals surface area contributed by atoms with Crippen LogP contribution in [0.4, 0.5) is 0 Å². The van der Waals surface area contributed by atoms with Crippen LogP contribution in [-0.4, -0.2) is 19.1 Å². The second kappa shape index (κ2) is 5.98. The van der Waals surface area contributed by atoms with Gasteiger partial charge >= 0.3 is 5.97 Å². The van der Waals surface area contributed by atoms with Crippen LogP contribution < -0.4 is 5.73 Å². The first-order valence-electron chi connectivity index (χ1n) is 4.83. The first kappa shape index (κ1) is 11.5. The molecule has 0 unspecified atom stereocenters. The van der Waals surface area contributed by atoms with E-state index in [9.17, 15) is 4.79 Å². The normalized spacial score (nSPS) is 9.67. The van der Waals surface area contributed by atoms with Gasteiger partial charge in [-0.1, -0.05) is 36.9 Å². The van der Waals surface area contributed by atoms with Crippen molar-refractivity contribution in [1.29, 1.82) is 0 Å². The van der Waals surface area contributed by atoms with Crippen molar-refractivity contribution in [2.45, 2.75) is 6.42 Å². The molecule has 3 nitrogen and oxygen atoms in total. The maximum absolute atomic E-state index is 11.3. The molecule has 0 aromatic heterocycles. The van der Waals surface area contributed by atoms with Crippen LogP contribution in [0.15, 0.2) is 42.5 Å². The summed E-state index contributed by atoms with van der Waals surface area (Å²) >= 11 is 0. The van der Waals surface area contributed by atoms with Crippen LogP contribution in [0.3, 0.4) is 0 Å². The van der Waals surface area contributed by atoms with Gasteiger partial charge in [0, 0.05) is 18.5 Å². The zero-order chi connectivity index (χ0) is 11.1. The van der Waals surface area contributed by atoms with Crippen LogP contribution in [0.25, 0.3) is 0 Å². The fourth-order valence-corrected chi connectivity index (χ4v) is 1.17. The number of hydrogen-bond acceptors (Lipinski definition) is 3. The van der Waals surface area contributed by atoms with Gasteiger partial charge in [0.05, 0.1) is 0 Å². The summed E-state index contributed by atoms with van der Waals surface area (Å²) in [7, 11) is 0. The van der Waals surface area contributed by atoms with E-state index in [0.717, 1.165) is 5.56 Å². The zero-order valence-corrected chi connectivity index (χ0v) is 8.61. The van der Waals surface area contributed by atoms with Gasteiger partial charge in [-0.25, -0.2) is 4.79 Å². The van der Waals surface area contributed by atoms with Crippen LogP contribution in [0.2, 0.25) is 0 Å². The topological polar surface area (TPSA) is 52.3 Å². The highest BCUT2D eigenvalue weighted by Gasteiger charge is 2.08. The Bertz CT molecular complexity index is 333. The summed E-state index contributed by atoms with van der Waals surface area (Å²) in [5.74, 6) is -0.371. The number of hydrogen-bond donors (Lipinski definition) is 1. The molecule has 80 valence electrons. The summed E-state index contributed by atoms with van der Waals surface area (Å²) in [6.45, 7) is 4.27. The summed E-state index contributed by atoms with van der Waals surface area (Å²) in [5, 5.41) is 0. The van der Waals surface area contributed by atoms with Gasteiger partial charge in [-0.2, -0.15) is 0 Å². The lowest BCUT2D eigenvalue weighted by Crippen LogP contribution is -2.15. The van der Waals surface area contributed by atoms with Crippen LogP contribution >= 0.6 is 0 Å². The van der Waals surface area contributed by atoms with E-state index < -0.39 is 0 Å². The molecule has 1 aromatic rings. The zero-order valence-electron chi connectivity index (χ0n) is 8.61. The lowest BCUT2D eigenvalue weighted by Gasteiger charge is -2.05. The number of benzene rings is 1. The smallest absolute Gasteiger partial charge is 0.333 e. The molecule has 0 radical (unpaired) electrons. The van der Waals surface area contributed by atoms with Crippen molar-refractivity contribution < 1.29 is 9.53 Å². The number of carbonyl (C=O) groups excluding carboxylic acids is 1. The van der Waals surface area contributed by atoms with Gasteiger partial charge in [0.2, 0.25) is 0 Å². The number of esters is 1. The molecule has 0 aliphatic rings. The van der Waals surface area contributed by atoms with Gasteiger partial charge in [0.1, 0.15) is 6.61 Å². The third kappa shape index (κ3) is 3.95. The minimum absolute atomic E-state index is 0.243. The molecule has 15 heavy (non-hydrogen) atoms. The summed E-state index contributed by atoms with van der Waals surface area (Å²) in [5.41, 5.74) is 6.72. The molecule has 2 N–H and O–H groups in total. The molecule has 0 bridgehead atoms. The lowest BCUT2D eigenvalue weighted by atomic mass is 10.1. The highest BCUT2D eigenvalue weighted by molar-refractivity contribution is 5.88. The number of ether oxygens (including phenoxy) is 1. The second-order valence-corrected chi connectivity index (χ2v) is 3.19. The highest BCUT2D eigenvalue weighted by Crippen LogP contribution is 2.07. The Balaban J connectivity index is 2.45. The largest absolute Gasteiger partial charge is 0.461 e. The Morgan fingerprint density at radius 2 is 2.00 bits per heavy atom. The van der Waals surface area contributed by atoms with Crippen molar-refractivity contribution in [3.63, 3.8) is 0 Å². The standard InChI is InChI=1S/C12H15NO2/c1-10(12(14)15-8-7-13)9-11-5-3-2-4-6-11/h2-6H,1,7-9,13H2. The van der Waals surface area contributed by atoms with Gasteiger partial charge < -0.3 is 10.5 Å². The molecule has 1 rings (SSSR count). The summed E-state index contributed by atoms with van der Waals surface area (Å²) in [6.07, 6.45) is 0.518. The van der Waals surface area contributed by atoms with E-state index in [1.807, 2.05) is 30.3 Å². The average molecular weight is 205 g/mol. The maximum Gasteiger partial charge on any atom is 0.333 e. The van der Waals surface area contributed by atoms with Gasteiger partial charge in [-0.05, 0) is 5.56 Å². The quantitative estimate of drug-likeness (QED) is 0.582. The third-order valence-electron chi connectivity index (χ3n) is 1.90. The SMILES string of the molecule is C=C(Cc1ccccc1)C(=O)OCCN. The molecule has 0 saturated carbocycles. The van der Waals surface area contributed by atoms with Crippen molar-refractivity contribution in [3.05, 3.63) is 48.0 Å². The van der Waals surface area contributed by atoms with E-state index in [4.69, 9.17) is 10.5 Å². The van der Waals surface area contributed by atoms with E-state index in [2.05, 4.69) is 6.58 Å². The van der Waals surface area contributed by atoms with Crippen LogP contribution in [0, 0.1) is 0 Å². The van der Waals surface area contributed by atoms with Gasteiger partial charge in [-0.3, -0.25) is 0 Å². The fraction of sp³-hybridized carbons (Fsp3) is 0.250. The molecule has 0 heterocycles. The van der Waals surface area contributed by atoms with E-state index in [1.54, 1.807) is 0 Å². The summed E-state index contributed by atoms with van der Waals surface area (Å²) in [6, 6.07) is 9.67. The summed E-state index contributed by atoms with van der Waals surface area (Å²) in [4.78, 5) is 11.3. The summed E-state index contributed by atoms with van der Waals surface area (Å²) < 4.78 is 4.86. The van der Waals surface area contributed by atoms with Crippen LogP contribution in [0.1, 0.15) is 5.56 Å². The molecule has 0 fully saturated rings. The highest BCUT2D eigenvalue weighted by atomic mass is 16.5. The van der Waals surface area contributed by atoms with E-state index >= 15 is 0 Å². The minimum Gasteiger partial charge on any atom is -0.461 e. The van der Waals surface area contributed by atoms with Crippen molar-refractivity contribution in [1.82, 2.24) is 0 Å². The Kier molecular flexibility index (Phi) is 4.57. The molecule has 0 saturated heterocycles. The van der Waals surface area contributed by atoms with Crippen LogP contribution in [-0.2, 0) is 16.0 Å². The predicted molar refractivity (Wildman–Crippen MR) is 59.3 cm³/mol. The van der Waals surface area contributed by atoms with Crippen molar-refractivity contribution >= 4 is 5.97 Å². The Hall–Kier alpha value is -1.61. The molecule has 0 aliphatic carbocycles. The van der Waals surface area contributed by atoms with Crippen molar-refractivity contribution in [2.24, 2.45) is 5.73 Å². The second-order valence-electron chi connectivity index (χ2n) is 3.19.